The molecular weight excluding hydrogens is 372 g/mol. The van der Waals surface area contributed by atoms with Crippen LogP contribution in [0, 0.1) is 28.6 Å². The van der Waals surface area contributed by atoms with Gasteiger partial charge < -0.3 is 19.0 Å². The zero-order valence-corrected chi connectivity index (χ0v) is 15.9. The maximum absolute atomic E-state index is 13.3. The van der Waals surface area contributed by atoms with Gasteiger partial charge in [-0.05, 0) is 11.6 Å². The minimum atomic E-state index is -1.03. The minimum Gasteiger partial charge on any atom is -0.504 e. The third kappa shape index (κ3) is 3.46. The molecule has 2 aromatic carbocycles. The van der Waals surface area contributed by atoms with E-state index < -0.39 is 23.4 Å². The quantitative estimate of drug-likeness (QED) is 0.602. The Morgan fingerprint density at radius 2 is 1.76 bits per heavy atom. The second kappa shape index (κ2) is 8.37. The van der Waals surface area contributed by atoms with Crippen LogP contribution >= 0.6 is 0 Å². The van der Waals surface area contributed by atoms with Gasteiger partial charge in [0.15, 0.2) is 17.1 Å². The number of ketones is 1. The molecule has 146 valence electrons. The number of phenols is 1. The maximum Gasteiger partial charge on any atom is 0.205 e. The lowest BCUT2D eigenvalue weighted by molar-refractivity contribution is 0.0964. The Bertz CT molecular complexity index is 1110. The first-order chi connectivity index (χ1) is 14.1. The van der Waals surface area contributed by atoms with Crippen LogP contribution in [0.15, 0.2) is 47.1 Å². The van der Waals surface area contributed by atoms with E-state index in [1.54, 1.807) is 30.3 Å². The summed E-state index contributed by atoms with van der Waals surface area (Å²) in [6, 6.07) is 14.4. The molecule has 0 aliphatic heterocycles. The van der Waals surface area contributed by atoms with Crippen molar-refractivity contribution in [2.24, 2.45) is 5.92 Å². The predicted octanol–water partition coefficient (Wildman–Crippen LogP) is 4.18. The predicted molar refractivity (Wildman–Crippen MR) is 104 cm³/mol. The van der Waals surface area contributed by atoms with Gasteiger partial charge in [-0.2, -0.15) is 10.5 Å². The van der Waals surface area contributed by atoms with Crippen LogP contribution in [0.3, 0.4) is 0 Å². The van der Waals surface area contributed by atoms with Crippen molar-refractivity contribution in [3.8, 4) is 29.4 Å². The van der Waals surface area contributed by atoms with Crippen molar-refractivity contribution in [1.29, 1.82) is 10.5 Å². The van der Waals surface area contributed by atoms with E-state index in [-0.39, 0.29) is 29.1 Å². The van der Waals surface area contributed by atoms with Crippen LogP contribution in [0.1, 0.15) is 28.3 Å². The van der Waals surface area contributed by atoms with E-state index in [2.05, 4.69) is 0 Å². The lowest BCUT2D eigenvalue weighted by Gasteiger charge is -2.19. The number of phenolic OH excluding ortho intramolecular Hbond substituents is 1. The van der Waals surface area contributed by atoms with Crippen molar-refractivity contribution in [2.45, 2.75) is 12.3 Å². The minimum absolute atomic E-state index is 0.0162. The van der Waals surface area contributed by atoms with E-state index in [1.807, 2.05) is 18.2 Å². The number of methoxy groups -OCH3 is 2. The summed E-state index contributed by atoms with van der Waals surface area (Å²) >= 11 is 0. The maximum atomic E-state index is 13.3. The summed E-state index contributed by atoms with van der Waals surface area (Å²) in [5.41, 5.74) is 0.863. The van der Waals surface area contributed by atoms with Gasteiger partial charge in [-0.3, -0.25) is 4.79 Å². The van der Waals surface area contributed by atoms with Crippen molar-refractivity contribution in [3.05, 3.63) is 53.8 Å². The number of fused-ring (bicyclic) bond motifs is 1. The van der Waals surface area contributed by atoms with Crippen molar-refractivity contribution < 1.29 is 23.8 Å². The molecule has 3 aromatic rings. The van der Waals surface area contributed by atoms with Crippen LogP contribution in [0.25, 0.3) is 11.0 Å². The lowest BCUT2D eigenvalue weighted by Crippen LogP contribution is -2.16. The van der Waals surface area contributed by atoms with Gasteiger partial charge in [0.25, 0.3) is 0 Å². The number of benzene rings is 2. The Kier molecular flexibility index (Phi) is 5.71. The van der Waals surface area contributed by atoms with E-state index >= 15 is 0 Å². The summed E-state index contributed by atoms with van der Waals surface area (Å²) in [4.78, 5) is 13.3. The molecule has 29 heavy (non-hydrogen) atoms. The topological polar surface area (TPSA) is 116 Å². The van der Waals surface area contributed by atoms with Gasteiger partial charge >= 0.3 is 0 Å². The lowest BCUT2D eigenvalue weighted by atomic mass is 9.82. The van der Waals surface area contributed by atoms with Gasteiger partial charge in [0.05, 0.1) is 38.0 Å². The molecule has 1 N–H and O–H groups in total. The molecule has 0 saturated carbocycles. The summed E-state index contributed by atoms with van der Waals surface area (Å²) < 4.78 is 16.0. The first-order valence-corrected chi connectivity index (χ1v) is 8.78. The molecule has 0 radical (unpaired) electrons. The first-order valence-electron chi connectivity index (χ1n) is 8.78. The zero-order chi connectivity index (χ0) is 21.0. The van der Waals surface area contributed by atoms with E-state index in [0.29, 0.717) is 10.9 Å². The molecule has 0 spiro atoms. The SMILES string of the molecule is COc1c(C(=O)CC(c2ccccc2)C(C#N)C#N)c(O)c(OC)c2occc12. The monoisotopic (exact) mass is 390 g/mol. The average Bonchev–Trinajstić information content (AvgIpc) is 3.22. The Hall–Kier alpha value is -3.97. The van der Waals surface area contributed by atoms with Gasteiger partial charge in [0.2, 0.25) is 5.75 Å². The molecule has 1 atom stereocenters. The highest BCUT2D eigenvalue weighted by atomic mass is 16.5. The highest BCUT2D eigenvalue weighted by molar-refractivity contribution is 6.09. The largest absolute Gasteiger partial charge is 0.504 e. The smallest absolute Gasteiger partial charge is 0.205 e. The fraction of sp³-hybridized carbons (Fsp3) is 0.227. The van der Waals surface area contributed by atoms with Gasteiger partial charge in [-0.15, -0.1) is 0 Å². The number of ether oxygens (including phenoxy) is 2. The molecule has 0 aliphatic rings. The molecule has 0 bridgehead atoms. The summed E-state index contributed by atoms with van der Waals surface area (Å²) in [5.74, 6) is -2.43. The van der Waals surface area contributed by atoms with Crippen LogP contribution in [0.2, 0.25) is 0 Å². The number of nitriles is 2. The third-order valence-corrected chi connectivity index (χ3v) is 4.80. The van der Waals surface area contributed by atoms with Gasteiger partial charge in [-0.1, -0.05) is 30.3 Å². The fourth-order valence-electron chi connectivity index (χ4n) is 3.43. The number of Topliss-reactive ketones (excluding diaryl/α,β-unsaturated/α-hetero) is 1. The van der Waals surface area contributed by atoms with Crippen LogP contribution in [0.4, 0.5) is 0 Å². The molecule has 0 saturated heterocycles. The van der Waals surface area contributed by atoms with E-state index in [1.165, 1.54) is 20.5 Å². The zero-order valence-electron chi connectivity index (χ0n) is 15.9. The van der Waals surface area contributed by atoms with Gasteiger partial charge in [0.1, 0.15) is 17.2 Å². The standard InChI is InChI=1S/C22H18N2O5/c1-27-20-15-8-9-29-21(15)22(28-2)19(26)18(20)17(25)10-16(14(11-23)12-24)13-6-4-3-5-7-13/h3-9,14,16,26H,10H2,1-2H3. The first kappa shape index (κ1) is 19.8. The van der Waals surface area contributed by atoms with Gasteiger partial charge in [-0.25, -0.2) is 0 Å². The van der Waals surface area contributed by atoms with E-state index in [9.17, 15) is 20.4 Å². The van der Waals surface area contributed by atoms with Crippen LogP contribution in [-0.4, -0.2) is 25.1 Å². The summed E-state index contributed by atoms with van der Waals surface area (Å²) in [7, 11) is 2.73. The molecule has 7 nitrogen and oxygen atoms in total. The molecule has 1 unspecified atom stereocenters. The van der Waals surface area contributed by atoms with Gasteiger partial charge in [0, 0.05) is 12.3 Å². The highest BCUT2D eigenvalue weighted by Crippen LogP contribution is 2.46. The number of hydrogen-bond donors (Lipinski definition) is 1. The fourth-order valence-corrected chi connectivity index (χ4v) is 3.43. The second-order valence-electron chi connectivity index (χ2n) is 6.33. The number of hydrogen-bond acceptors (Lipinski definition) is 7. The molecule has 7 heteroatoms. The number of carbonyl (C=O) groups is 1. The summed E-state index contributed by atoms with van der Waals surface area (Å²) in [5, 5.41) is 30.0. The number of nitrogens with zero attached hydrogens (tertiary/aromatic N) is 2. The molecule has 3 rings (SSSR count). The van der Waals surface area contributed by atoms with Crippen molar-refractivity contribution >= 4 is 16.8 Å². The highest BCUT2D eigenvalue weighted by Gasteiger charge is 2.32. The third-order valence-electron chi connectivity index (χ3n) is 4.80. The number of carbonyl (C=O) groups excluding carboxylic acids is 1. The van der Waals surface area contributed by atoms with Crippen molar-refractivity contribution in [1.82, 2.24) is 0 Å². The number of rotatable bonds is 7. The van der Waals surface area contributed by atoms with Crippen LogP contribution in [-0.2, 0) is 0 Å². The Morgan fingerprint density at radius 3 is 2.34 bits per heavy atom. The molecule has 0 aliphatic carbocycles. The van der Waals surface area contributed by atoms with E-state index in [0.717, 1.165) is 0 Å². The van der Waals surface area contributed by atoms with Crippen molar-refractivity contribution in [2.75, 3.05) is 14.2 Å². The summed E-state index contributed by atoms with van der Waals surface area (Å²) in [6.45, 7) is 0. The molecule has 0 fully saturated rings. The van der Waals surface area contributed by atoms with Crippen LogP contribution in [0.5, 0.6) is 17.2 Å². The Balaban J connectivity index is 2.12. The molecule has 1 heterocycles. The van der Waals surface area contributed by atoms with Crippen LogP contribution < -0.4 is 9.47 Å². The molecular formula is C22H18N2O5. The Morgan fingerprint density at radius 1 is 1.10 bits per heavy atom. The number of furan rings is 1. The van der Waals surface area contributed by atoms with Crippen molar-refractivity contribution in [3.63, 3.8) is 0 Å². The second-order valence-corrected chi connectivity index (χ2v) is 6.33. The van der Waals surface area contributed by atoms with E-state index in [4.69, 9.17) is 13.9 Å². The molecule has 0 amide bonds. The number of aromatic hydroxyl groups is 1. The summed E-state index contributed by atoms with van der Waals surface area (Å²) in [6.07, 6.45) is 1.23. The molecule has 1 aromatic heterocycles. The Labute approximate surface area is 167 Å². The average molecular weight is 390 g/mol. The normalized spacial score (nSPS) is 11.6.